The second-order valence-electron chi connectivity index (χ2n) is 9.22. The monoisotopic (exact) mass is 521 g/mol. The molecular formula is C26H36ClN3O4S. The van der Waals surface area contributed by atoms with Gasteiger partial charge in [0.1, 0.15) is 6.04 Å². The quantitative estimate of drug-likeness (QED) is 0.473. The van der Waals surface area contributed by atoms with Crippen LogP contribution in [0.25, 0.3) is 0 Å². The molecule has 0 aliphatic rings. The van der Waals surface area contributed by atoms with Crippen LogP contribution in [0, 0.1) is 13.8 Å². The van der Waals surface area contributed by atoms with Crippen LogP contribution >= 0.6 is 11.6 Å². The minimum Gasteiger partial charge on any atom is -0.352 e. The molecule has 2 amide bonds. The Morgan fingerprint density at radius 3 is 2.34 bits per heavy atom. The van der Waals surface area contributed by atoms with E-state index in [1.54, 1.807) is 30.0 Å². The van der Waals surface area contributed by atoms with Crippen molar-refractivity contribution in [3.05, 3.63) is 64.2 Å². The average Bonchev–Trinajstić information content (AvgIpc) is 2.75. The number of carbonyl (C=O) groups excluding carboxylic acids is 2. The Balaban J connectivity index is 2.21. The van der Waals surface area contributed by atoms with E-state index in [0.717, 1.165) is 22.9 Å². The molecule has 0 radical (unpaired) electrons. The Hall–Kier alpha value is -2.58. The van der Waals surface area contributed by atoms with Crippen molar-refractivity contribution < 1.29 is 18.0 Å². The van der Waals surface area contributed by atoms with Crippen molar-refractivity contribution in [1.82, 2.24) is 10.2 Å². The molecule has 0 unspecified atom stereocenters. The number of rotatable bonds is 11. The van der Waals surface area contributed by atoms with Crippen molar-refractivity contribution in [3.63, 3.8) is 0 Å². The van der Waals surface area contributed by atoms with Gasteiger partial charge in [0, 0.05) is 30.6 Å². The molecule has 0 aromatic heterocycles. The number of carbonyl (C=O) groups is 2. The molecule has 0 saturated carbocycles. The predicted molar refractivity (Wildman–Crippen MR) is 142 cm³/mol. The SMILES string of the molecule is Cc1cccc(CN(C(=O)CCCN(c2cc(Cl)ccc2C)S(C)(=O)=O)[C@H](C)C(=O)NC(C)C)c1. The van der Waals surface area contributed by atoms with Crippen LogP contribution in [-0.4, -0.2) is 50.0 Å². The van der Waals surface area contributed by atoms with Gasteiger partial charge >= 0.3 is 0 Å². The highest BCUT2D eigenvalue weighted by Gasteiger charge is 2.27. The largest absolute Gasteiger partial charge is 0.352 e. The summed E-state index contributed by atoms with van der Waals surface area (Å²) in [5, 5.41) is 3.30. The predicted octanol–water partition coefficient (Wildman–Crippen LogP) is 4.44. The number of anilines is 1. The fraction of sp³-hybridized carbons (Fsp3) is 0.462. The van der Waals surface area contributed by atoms with Crippen LogP contribution in [0.2, 0.25) is 5.02 Å². The van der Waals surface area contributed by atoms with Crippen molar-refractivity contribution in [3.8, 4) is 0 Å². The van der Waals surface area contributed by atoms with E-state index in [2.05, 4.69) is 5.32 Å². The van der Waals surface area contributed by atoms with Gasteiger partial charge in [-0.05, 0) is 64.3 Å². The number of nitrogens with zero attached hydrogens (tertiary/aromatic N) is 2. The zero-order chi connectivity index (χ0) is 26.3. The van der Waals surface area contributed by atoms with Crippen molar-refractivity contribution in [1.29, 1.82) is 0 Å². The van der Waals surface area contributed by atoms with Gasteiger partial charge in [0.15, 0.2) is 0 Å². The number of nitrogens with one attached hydrogen (secondary N) is 1. The van der Waals surface area contributed by atoms with Gasteiger partial charge in [-0.2, -0.15) is 0 Å². The molecule has 35 heavy (non-hydrogen) atoms. The Kier molecular flexibility index (Phi) is 10.2. The maximum absolute atomic E-state index is 13.3. The molecule has 9 heteroatoms. The first-order chi connectivity index (χ1) is 16.3. The summed E-state index contributed by atoms with van der Waals surface area (Å²) in [6.45, 7) is 9.65. The van der Waals surface area contributed by atoms with Gasteiger partial charge in [0.2, 0.25) is 21.8 Å². The second-order valence-corrected chi connectivity index (χ2v) is 11.6. The van der Waals surface area contributed by atoms with Crippen LogP contribution in [0.1, 0.15) is 50.3 Å². The van der Waals surface area contributed by atoms with Gasteiger partial charge in [0.05, 0.1) is 11.9 Å². The first-order valence-corrected chi connectivity index (χ1v) is 13.9. The zero-order valence-electron chi connectivity index (χ0n) is 21.3. The van der Waals surface area contributed by atoms with Crippen LogP contribution in [0.5, 0.6) is 0 Å². The summed E-state index contributed by atoms with van der Waals surface area (Å²) in [6.07, 6.45) is 1.52. The summed E-state index contributed by atoms with van der Waals surface area (Å²) in [5.74, 6) is -0.442. The number of aryl methyl sites for hydroxylation is 2. The highest BCUT2D eigenvalue weighted by molar-refractivity contribution is 7.92. The summed E-state index contributed by atoms with van der Waals surface area (Å²) >= 11 is 6.11. The standard InChI is InChI=1S/C26H36ClN3O4S/c1-18(2)28-26(32)21(5)29(17-22-10-7-9-19(3)15-22)25(31)11-8-14-30(35(6,33)34)24-16-23(27)13-12-20(24)4/h7,9-10,12-13,15-16,18,21H,8,11,14,17H2,1-6H3,(H,28,32)/t21-/m1/s1. The number of amides is 2. The Bertz CT molecular complexity index is 1150. The Labute approximate surface area is 214 Å². The molecule has 0 heterocycles. The maximum atomic E-state index is 13.3. The number of benzene rings is 2. The molecule has 0 saturated heterocycles. The molecule has 0 aliphatic carbocycles. The third-order valence-electron chi connectivity index (χ3n) is 5.63. The molecule has 2 aromatic carbocycles. The van der Waals surface area contributed by atoms with Gasteiger partial charge in [-0.3, -0.25) is 13.9 Å². The molecule has 2 aromatic rings. The summed E-state index contributed by atoms with van der Waals surface area (Å²) in [6, 6.07) is 12.2. The fourth-order valence-electron chi connectivity index (χ4n) is 3.83. The highest BCUT2D eigenvalue weighted by Crippen LogP contribution is 2.27. The Morgan fingerprint density at radius 1 is 1.06 bits per heavy atom. The minimum atomic E-state index is -3.59. The lowest BCUT2D eigenvalue weighted by Gasteiger charge is -2.30. The van der Waals surface area contributed by atoms with E-state index in [1.807, 2.05) is 52.0 Å². The maximum Gasteiger partial charge on any atom is 0.242 e. The third kappa shape index (κ3) is 8.54. The summed E-state index contributed by atoms with van der Waals surface area (Å²) in [7, 11) is -3.59. The van der Waals surface area contributed by atoms with Gasteiger partial charge in [-0.25, -0.2) is 8.42 Å². The van der Waals surface area contributed by atoms with Crippen molar-refractivity contribution >= 4 is 39.1 Å². The fourth-order valence-corrected chi connectivity index (χ4v) is 5.01. The molecule has 1 N–H and O–H groups in total. The number of sulfonamides is 1. The van der Waals surface area contributed by atoms with Gasteiger partial charge in [0.25, 0.3) is 0 Å². The van der Waals surface area contributed by atoms with Crippen molar-refractivity contribution in [2.24, 2.45) is 0 Å². The highest BCUT2D eigenvalue weighted by atomic mass is 35.5. The molecule has 7 nitrogen and oxygen atoms in total. The van der Waals surface area contributed by atoms with Gasteiger partial charge < -0.3 is 10.2 Å². The summed E-state index contributed by atoms with van der Waals surface area (Å²) in [5.41, 5.74) is 3.25. The molecule has 0 spiro atoms. The smallest absolute Gasteiger partial charge is 0.242 e. The van der Waals surface area contributed by atoms with Gasteiger partial charge in [-0.1, -0.05) is 47.5 Å². The molecule has 0 aliphatic heterocycles. The van der Waals surface area contributed by atoms with Crippen LogP contribution < -0.4 is 9.62 Å². The van der Waals surface area contributed by atoms with E-state index in [4.69, 9.17) is 11.6 Å². The van der Waals surface area contributed by atoms with E-state index in [0.29, 0.717) is 17.1 Å². The molecule has 0 fully saturated rings. The van der Waals surface area contributed by atoms with Crippen molar-refractivity contribution in [2.45, 2.75) is 66.1 Å². The second kappa shape index (κ2) is 12.4. The molecule has 0 bridgehead atoms. The third-order valence-corrected chi connectivity index (χ3v) is 7.04. The van der Waals surface area contributed by atoms with E-state index >= 15 is 0 Å². The summed E-state index contributed by atoms with van der Waals surface area (Å²) in [4.78, 5) is 27.6. The Morgan fingerprint density at radius 2 is 1.74 bits per heavy atom. The van der Waals surface area contributed by atoms with Crippen LogP contribution in [0.4, 0.5) is 5.69 Å². The lowest BCUT2D eigenvalue weighted by molar-refractivity contribution is -0.140. The van der Waals surface area contributed by atoms with Crippen LogP contribution in [-0.2, 0) is 26.2 Å². The van der Waals surface area contributed by atoms with E-state index < -0.39 is 16.1 Å². The lowest BCUT2D eigenvalue weighted by atomic mass is 10.1. The van der Waals surface area contributed by atoms with Crippen molar-refractivity contribution in [2.75, 3.05) is 17.1 Å². The number of hydrogen-bond donors (Lipinski definition) is 1. The minimum absolute atomic E-state index is 0.0508. The van der Waals surface area contributed by atoms with E-state index in [-0.39, 0.29) is 37.4 Å². The van der Waals surface area contributed by atoms with E-state index in [9.17, 15) is 18.0 Å². The van der Waals surface area contributed by atoms with E-state index in [1.165, 1.54) is 4.31 Å². The zero-order valence-corrected chi connectivity index (χ0v) is 22.9. The number of halogens is 1. The lowest BCUT2D eigenvalue weighted by Crippen LogP contribution is -2.49. The molecular weight excluding hydrogens is 486 g/mol. The first kappa shape index (κ1) is 28.7. The topological polar surface area (TPSA) is 86.8 Å². The first-order valence-electron chi connectivity index (χ1n) is 11.7. The normalized spacial score (nSPS) is 12.3. The molecule has 1 atom stereocenters. The van der Waals surface area contributed by atoms with Gasteiger partial charge in [-0.15, -0.1) is 0 Å². The average molecular weight is 522 g/mol. The summed E-state index contributed by atoms with van der Waals surface area (Å²) < 4.78 is 26.3. The van der Waals surface area contributed by atoms with Crippen LogP contribution in [0.3, 0.4) is 0 Å². The molecule has 192 valence electrons. The van der Waals surface area contributed by atoms with Crippen LogP contribution in [0.15, 0.2) is 42.5 Å². The number of hydrogen-bond acceptors (Lipinski definition) is 4. The molecule has 2 rings (SSSR count).